The Kier molecular flexibility index (Phi) is 8.92. The van der Waals surface area contributed by atoms with E-state index in [0.717, 1.165) is 0 Å². The minimum atomic E-state index is 1.22. The van der Waals surface area contributed by atoms with Crippen LogP contribution >= 0.6 is 11.3 Å². The van der Waals surface area contributed by atoms with Gasteiger partial charge in [-0.3, -0.25) is 0 Å². The second kappa shape index (κ2) is 16.3. The summed E-state index contributed by atoms with van der Waals surface area (Å²) >= 11 is 1.97. The van der Waals surface area contributed by atoms with Crippen LogP contribution in [-0.4, -0.2) is 0 Å². The van der Waals surface area contributed by atoms with Gasteiger partial charge in [0.2, 0.25) is 0 Å². The molecule has 18 rings (SSSR count). The normalized spacial score (nSPS) is 12.3. The molecule has 18 aromatic rings. The summed E-state index contributed by atoms with van der Waals surface area (Å²) in [4.78, 5) is 0. The Morgan fingerprint density at radius 3 is 1.08 bits per heavy atom. The van der Waals surface area contributed by atoms with Crippen molar-refractivity contribution in [2.24, 2.45) is 0 Å². The van der Waals surface area contributed by atoms with Gasteiger partial charge < -0.3 is 0 Å². The molecule has 0 spiro atoms. The third-order valence-electron chi connectivity index (χ3n) is 17.7. The molecule has 0 unspecified atom stereocenters. The average Bonchev–Trinajstić information content (AvgIpc) is 4.16. The van der Waals surface area contributed by atoms with Gasteiger partial charge in [0.05, 0.1) is 0 Å². The molecule has 1 heterocycles. The summed E-state index contributed by atoms with van der Waals surface area (Å²) in [7, 11) is 0. The third-order valence-corrected chi connectivity index (χ3v) is 19.0. The molecule has 1 aromatic heterocycles. The van der Waals surface area contributed by atoms with Crippen LogP contribution in [0.4, 0.5) is 0 Å². The Morgan fingerprint density at radius 2 is 0.506 bits per heavy atom. The quantitative estimate of drug-likeness (QED) is 0.122. The van der Waals surface area contributed by atoms with E-state index in [0.29, 0.717) is 0 Å². The highest BCUT2D eigenvalue weighted by molar-refractivity contribution is 7.28. The molecule has 1 heteroatoms. The number of fused-ring (bicyclic) bond motifs is 23. The zero-order chi connectivity index (χ0) is 51.4. The van der Waals surface area contributed by atoms with Gasteiger partial charge in [0.25, 0.3) is 0 Å². The third kappa shape index (κ3) is 5.97. The molecule has 0 aliphatic heterocycles. The molecule has 0 N–H and O–H groups in total. The molecule has 0 fully saturated rings. The van der Waals surface area contributed by atoms with Crippen LogP contribution in [0, 0.1) is 0 Å². The van der Waals surface area contributed by atoms with E-state index in [-0.39, 0.29) is 0 Å². The first-order valence-electron chi connectivity index (χ1n) is 27.5. The van der Waals surface area contributed by atoms with Crippen molar-refractivity contribution in [3.63, 3.8) is 0 Å². The monoisotopic (exact) mass is 1010 g/mol. The molecule has 362 valence electrons. The molecule has 0 bridgehead atoms. The SMILES string of the molecule is c1ccc2cc3c(cc2c1)c1ccccc1c1c2ccc4c5ccccc5c5cc(-c6c7ccccc7c(-c7c8ccccc8c(-c8cc9ccccc9c9ccccc89)c8ccccc78)c7ccccc67)ccc5c4c2sc31. The number of benzene rings is 17. The Balaban J connectivity index is 0.919. The molecule has 0 atom stereocenters. The standard InChI is InChI=1S/C78H44S/c1-2-20-46-42-70-68(41-45(46)19-1)54-27-9-10-28-55(54)76-66-40-39-64-51-24-6-7-25-52(51)67-44-48(37-38-65(67)75(64)77(66)79-78(70)76)71-56-29-11-15-33-60(56)73(61-34-16-12-30-57(61)71)74-62-35-17-13-31-58(62)72(59-32-14-18-36-63(59)74)69-43-47-21-3-4-22-49(47)50-23-5-8-26-53(50)69/h1-44H. The lowest BCUT2D eigenvalue weighted by molar-refractivity contribution is 1.69. The summed E-state index contributed by atoms with van der Waals surface area (Å²) in [5, 5.41) is 33.3. The highest BCUT2D eigenvalue weighted by Crippen LogP contribution is 2.53. The summed E-state index contributed by atoms with van der Waals surface area (Å²) in [6.07, 6.45) is 0. The van der Waals surface area contributed by atoms with Crippen molar-refractivity contribution in [2.45, 2.75) is 0 Å². The zero-order valence-electron chi connectivity index (χ0n) is 42.8. The van der Waals surface area contributed by atoms with Gasteiger partial charge in [-0.05, 0) is 176 Å². The van der Waals surface area contributed by atoms with Crippen LogP contribution in [0.5, 0.6) is 0 Å². The van der Waals surface area contributed by atoms with E-state index in [2.05, 4.69) is 267 Å². The van der Waals surface area contributed by atoms with Gasteiger partial charge in [-0.1, -0.05) is 243 Å². The van der Waals surface area contributed by atoms with Crippen LogP contribution in [0.3, 0.4) is 0 Å². The molecule has 0 nitrogen and oxygen atoms in total. The molecule has 0 amide bonds. The number of hydrogen-bond acceptors (Lipinski definition) is 1. The van der Waals surface area contributed by atoms with Crippen molar-refractivity contribution in [1.29, 1.82) is 0 Å². The minimum Gasteiger partial charge on any atom is -0.134 e. The van der Waals surface area contributed by atoms with Crippen LogP contribution in [-0.2, 0) is 0 Å². The topological polar surface area (TPSA) is 0 Å². The first-order valence-corrected chi connectivity index (χ1v) is 28.3. The van der Waals surface area contributed by atoms with Crippen LogP contribution < -0.4 is 0 Å². The van der Waals surface area contributed by atoms with Crippen LogP contribution in [0.15, 0.2) is 267 Å². The van der Waals surface area contributed by atoms with E-state index in [9.17, 15) is 0 Å². The lowest BCUT2D eigenvalue weighted by Gasteiger charge is -2.23. The molecule has 0 saturated heterocycles. The van der Waals surface area contributed by atoms with Crippen LogP contribution in [0.2, 0.25) is 0 Å². The van der Waals surface area contributed by atoms with Crippen molar-refractivity contribution in [2.75, 3.05) is 0 Å². The van der Waals surface area contributed by atoms with Gasteiger partial charge >= 0.3 is 0 Å². The maximum atomic E-state index is 2.52. The number of hydrogen-bond donors (Lipinski definition) is 0. The first kappa shape index (κ1) is 43.2. The van der Waals surface area contributed by atoms with E-state index in [1.54, 1.807) is 0 Å². The summed E-state index contributed by atoms with van der Waals surface area (Å²) in [5.41, 5.74) is 7.57. The molecule has 17 aromatic carbocycles. The molecular weight excluding hydrogens is 969 g/mol. The van der Waals surface area contributed by atoms with Gasteiger partial charge in [0.15, 0.2) is 0 Å². The molecule has 0 aliphatic carbocycles. The lowest BCUT2D eigenvalue weighted by Crippen LogP contribution is -1.95. The fourth-order valence-electron chi connectivity index (χ4n) is 14.4. The maximum Gasteiger partial charge on any atom is 0.0440 e. The maximum absolute atomic E-state index is 2.52. The highest BCUT2D eigenvalue weighted by Gasteiger charge is 2.25. The first-order chi connectivity index (χ1) is 39.2. The molecular formula is C78H44S. The van der Waals surface area contributed by atoms with E-state index in [4.69, 9.17) is 0 Å². The summed E-state index contributed by atoms with van der Waals surface area (Å²) in [5.74, 6) is 0. The van der Waals surface area contributed by atoms with Crippen molar-refractivity contribution in [1.82, 2.24) is 0 Å². The summed E-state index contributed by atoms with van der Waals surface area (Å²) in [6.45, 7) is 0. The molecule has 0 aliphatic rings. The number of thiophene rings is 1. The zero-order valence-corrected chi connectivity index (χ0v) is 43.6. The molecule has 79 heavy (non-hydrogen) atoms. The lowest BCUT2D eigenvalue weighted by atomic mass is 9.80. The van der Waals surface area contributed by atoms with Gasteiger partial charge in [-0.2, -0.15) is 0 Å². The Morgan fingerprint density at radius 1 is 0.177 bits per heavy atom. The Hall–Kier alpha value is -9.92. The Labute approximate surface area is 458 Å². The van der Waals surface area contributed by atoms with E-state index < -0.39 is 0 Å². The molecule has 0 saturated carbocycles. The van der Waals surface area contributed by atoms with Gasteiger partial charge in [-0.15, -0.1) is 11.3 Å². The smallest absolute Gasteiger partial charge is 0.0440 e. The van der Waals surface area contributed by atoms with Crippen LogP contribution in [0.25, 0.3) is 183 Å². The Bertz CT molecular complexity index is 5620. The van der Waals surface area contributed by atoms with Gasteiger partial charge in [0, 0.05) is 30.9 Å². The molecule has 0 radical (unpaired) electrons. The second-order valence-corrected chi connectivity index (χ2v) is 22.7. The largest absolute Gasteiger partial charge is 0.134 e. The predicted octanol–water partition coefficient (Wildman–Crippen LogP) is 22.9. The summed E-state index contributed by atoms with van der Waals surface area (Å²) < 4.78 is 2.71. The fraction of sp³-hybridized carbons (Fsp3) is 0. The van der Waals surface area contributed by atoms with Crippen molar-refractivity contribution in [3.05, 3.63) is 267 Å². The van der Waals surface area contributed by atoms with Gasteiger partial charge in [0.1, 0.15) is 0 Å². The van der Waals surface area contributed by atoms with Gasteiger partial charge in [-0.25, -0.2) is 0 Å². The predicted molar refractivity (Wildman–Crippen MR) is 346 cm³/mol. The average molecular weight is 1010 g/mol. The number of rotatable bonds is 3. The van der Waals surface area contributed by atoms with E-state index in [1.165, 1.54) is 183 Å². The highest BCUT2D eigenvalue weighted by atomic mass is 32.1. The van der Waals surface area contributed by atoms with Crippen molar-refractivity contribution < 1.29 is 0 Å². The van der Waals surface area contributed by atoms with Crippen molar-refractivity contribution >= 4 is 161 Å². The van der Waals surface area contributed by atoms with E-state index in [1.807, 2.05) is 11.3 Å². The fourth-order valence-corrected chi connectivity index (χ4v) is 15.9. The van der Waals surface area contributed by atoms with Crippen molar-refractivity contribution in [3.8, 4) is 33.4 Å². The van der Waals surface area contributed by atoms with Crippen LogP contribution in [0.1, 0.15) is 0 Å². The summed E-state index contributed by atoms with van der Waals surface area (Å²) in [6, 6.07) is 101. The van der Waals surface area contributed by atoms with E-state index >= 15 is 0 Å². The minimum absolute atomic E-state index is 1.22. The second-order valence-electron chi connectivity index (χ2n) is 21.6.